The molecule has 0 aliphatic carbocycles. The van der Waals surface area contributed by atoms with E-state index in [1.165, 1.54) is 22.9 Å². The normalized spacial score (nSPS) is 10.3. The maximum Gasteiger partial charge on any atom is 0.339 e. The Morgan fingerprint density at radius 3 is 1.52 bits per heavy atom. The van der Waals surface area contributed by atoms with Crippen LogP contribution in [0.1, 0.15) is 16.7 Å². The molecule has 16 nitrogen and oxygen atoms in total. The average Bonchev–Trinajstić information content (AvgIpc) is 3.46. The summed E-state index contributed by atoms with van der Waals surface area (Å²) in [5.74, 6) is 0.866. The lowest BCUT2D eigenvalue weighted by atomic mass is 10.2. The first-order valence-electron chi connectivity index (χ1n) is 23.2. The highest BCUT2D eigenvalue weighted by Crippen LogP contribution is 2.61. The van der Waals surface area contributed by atoms with Gasteiger partial charge in [-0.1, -0.05) is 53.6 Å². The number of aryl methyl sites for hydroxylation is 1. The molecule has 0 spiro atoms. The van der Waals surface area contributed by atoms with Gasteiger partial charge in [-0.25, -0.2) is 4.98 Å². The van der Waals surface area contributed by atoms with E-state index in [-0.39, 0.29) is 0 Å². The molecule has 0 unspecified atom stereocenters. The Balaban J connectivity index is 0.000000150. The lowest BCUT2D eigenvalue weighted by Crippen LogP contribution is -2.25. The zero-order chi connectivity index (χ0) is 54.8. The minimum absolute atomic E-state index is 0.606. The molecule has 12 aromatic rings. The van der Waals surface area contributed by atoms with Crippen LogP contribution in [0.4, 0.5) is 11.4 Å². The predicted octanol–water partition coefficient (Wildman–Crippen LogP) is 13.5. The van der Waals surface area contributed by atoms with Gasteiger partial charge in [0.05, 0.1) is 51.1 Å². The first-order chi connectivity index (χ1) is 37.3. The number of nitrogens with one attached hydrogen (secondary N) is 1. The molecule has 0 saturated heterocycles. The van der Waals surface area contributed by atoms with Crippen molar-refractivity contribution in [3.05, 3.63) is 241 Å². The summed E-state index contributed by atoms with van der Waals surface area (Å²) >= 11 is 19.7. The molecule has 0 bridgehead atoms. The van der Waals surface area contributed by atoms with Crippen molar-refractivity contribution in [2.24, 2.45) is 5.73 Å². The molecular weight excluding hydrogens is 1080 g/mol. The molecule has 10 aromatic heterocycles. The van der Waals surface area contributed by atoms with Crippen molar-refractivity contribution in [1.82, 2.24) is 44.9 Å². The van der Waals surface area contributed by atoms with Crippen molar-refractivity contribution in [3.8, 4) is 5.75 Å². The molecule has 77 heavy (non-hydrogen) atoms. The van der Waals surface area contributed by atoms with Crippen LogP contribution in [0.2, 0.25) is 5.02 Å². The molecule has 0 aliphatic heterocycles. The number of hydrogen-bond acceptors (Lipinski definition) is 15. The van der Waals surface area contributed by atoms with Crippen molar-refractivity contribution in [2.75, 3.05) is 18.2 Å². The summed E-state index contributed by atoms with van der Waals surface area (Å²) in [5.41, 5.74) is 24.6. The Bertz CT molecular complexity index is 3520. The summed E-state index contributed by atoms with van der Waals surface area (Å²) < 4.78 is 15.5. The lowest BCUT2D eigenvalue weighted by molar-refractivity contribution is -0.577. The smallest absolute Gasteiger partial charge is 0.339 e. The Hall–Kier alpha value is -8.21. The molecule has 390 valence electrons. The number of pyridine rings is 10. The average molecular weight is 1130 g/mol. The molecule has 2 aromatic carbocycles. The van der Waals surface area contributed by atoms with E-state index in [0.29, 0.717) is 22.8 Å². The number of halogens is 4. The van der Waals surface area contributed by atoms with E-state index in [1.54, 1.807) is 93.2 Å². The van der Waals surface area contributed by atoms with Crippen molar-refractivity contribution in [3.63, 3.8) is 0 Å². The second-order valence-corrected chi connectivity index (χ2v) is 22.8. The molecule has 0 saturated carbocycles. The van der Waals surface area contributed by atoms with Crippen LogP contribution in [-0.2, 0) is 17.7 Å². The van der Waals surface area contributed by atoms with Gasteiger partial charge in [-0.3, -0.25) is 44.4 Å². The van der Waals surface area contributed by atoms with Crippen molar-refractivity contribution in [1.29, 1.82) is 0 Å². The number of nitrogens with zero attached hydrogens (tertiary/aromatic N) is 10. The molecule has 0 aliphatic rings. The van der Waals surface area contributed by atoms with Crippen LogP contribution in [0.3, 0.4) is 0 Å². The monoisotopic (exact) mass is 1120 g/mol. The van der Waals surface area contributed by atoms with Crippen molar-refractivity contribution < 1.29 is 14.0 Å². The van der Waals surface area contributed by atoms with Gasteiger partial charge in [-0.05, 0) is 155 Å². The summed E-state index contributed by atoms with van der Waals surface area (Å²) in [6.45, 7) is 3.44. The third-order valence-electron chi connectivity index (χ3n) is 10.4. The van der Waals surface area contributed by atoms with E-state index in [2.05, 4.69) is 115 Å². The summed E-state index contributed by atoms with van der Waals surface area (Å²) in [4.78, 5) is 37.3. The van der Waals surface area contributed by atoms with E-state index in [4.69, 9.17) is 27.8 Å². The highest BCUT2D eigenvalue weighted by molar-refractivity contribution is 8.24. The highest BCUT2D eigenvalue weighted by Gasteiger charge is 2.05. The Kier molecular flexibility index (Phi) is 22.9. The van der Waals surface area contributed by atoms with Gasteiger partial charge in [-0.2, -0.15) is 4.73 Å². The topological polar surface area (TPSA) is 233 Å². The minimum atomic E-state index is -3.22. The second kappa shape index (κ2) is 30.4. The van der Waals surface area contributed by atoms with Crippen molar-refractivity contribution in [2.45, 2.75) is 20.0 Å². The maximum atomic E-state index is 11.1. The molecule has 5 N–H and O–H groups in total. The summed E-state index contributed by atoms with van der Waals surface area (Å²) in [7, 11) is 1.67. The Morgan fingerprint density at radius 1 is 0.532 bits per heavy atom. The molecule has 0 amide bonds. The van der Waals surface area contributed by atoms with Gasteiger partial charge in [0.2, 0.25) is 5.52 Å². The quantitative estimate of drug-likeness (QED) is 0.0826. The summed E-state index contributed by atoms with van der Waals surface area (Å²) in [6.07, 6.45) is 17.0. The third kappa shape index (κ3) is 19.5. The second-order valence-electron chi connectivity index (χ2n) is 15.7. The minimum Gasteiger partial charge on any atom is -0.618 e. The zero-order valence-corrected chi connectivity index (χ0v) is 45.4. The fourth-order valence-corrected chi connectivity index (χ4v) is 6.86. The van der Waals surface area contributed by atoms with E-state index in [0.717, 1.165) is 72.4 Å². The third-order valence-corrected chi connectivity index (χ3v) is 10.7. The number of ether oxygens (including phenoxy) is 1. The fraction of sp³-hybridized carbons (Fsp3) is 0.0714. The molecule has 12 rings (SSSR count). The number of anilines is 2. The van der Waals surface area contributed by atoms with Gasteiger partial charge in [0, 0.05) is 81.0 Å². The van der Waals surface area contributed by atoms with Gasteiger partial charge in [-0.15, -0.1) is 0 Å². The Labute approximate surface area is 463 Å². The van der Waals surface area contributed by atoms with Crippen LogP contribution < -0.4 is 26.3 Å². The number of aromatic nitrogens is 10. The lowest BCUT2D eigenvalue weighted by Gasteiger charge is -2.09. The number of nitrogens with two attached hydrogens (primary N) is 2. The van der Waals surface area contributed by atoms with Crippen molar-refractivity contribution >= 4 is 117 Å². The SMILES string of the molecule is COc1ccc(CNc2ccnc3cccnc23)cc1.Cc1ccc(CN)cc1.Clc1ccnc2cccnc12.Nc1ccnc2cccnc12.O=P(Cl)(Cl)Cl.[O-][n+]1cccc2ncccc21.c1cnc2cccnc2c1. The van der Waals surface area contributed by atoms with Gasteiger partial charge in [0.1, 0.15) is 27.8 Å². The van der Waals surface area contributed by atoms with Crippen LogP contribution in [0.15, 0.2) is 214 Å². The van der Waals surface area contributed by atoms with Gasteiger partial charge in [0.25, 0.3) is 0 Å². The van der Waals surface area contributed by atoms with Gasteiger partial charge >= 0.3 is 5.20 Å². The number of hydrogen-bond donors (Lipinski definition) is 3. The van der Waals surface area contributed by atoms with Crippen LogP contribution >= 0.6 is 50.5 Å². The van der Waals surface area contributed by atoms with Gasteiger partial charge in [0.15, 0.2) is 6.20 Å². The molecule has 10 heterocycles. The largest absolute Gasteiger partial charge is 0.618 e. The predicted molar refractivity (Wildman–Crippen MR) is 313 cm³/mol. The van der Waals surface area contributed by atoms with Crippen LogP contribution in [-0.4, -0.2) is 52.0 Å². The molecule has 21 heteroatoms. The standard InChI is InChI=1S/C16H15N3O.C8H5ClN2.C8H7N3.C8H6N2O.C8H6N2.C8H11N.Cl3OP/c1-20-13-6-4-12(5-7-13)11-19-15-8-10-17-14-3-2-9-18-16(14)15;2*9-6-3-5-10-7-2-1-4-11-8(6)7;11-10-6-2-3-7-8(10)4-1-5-9-7;1-3-7-8(9-5-1)4-2-6-10-7;1-7-2-4-8(6-9)5-3-7;1-5(2,3)4/h2-10H,11H2,1H3,(H,17,19);1-5H;1-5H,(H2,9,10);1-6H;1-6H;2-5H,6,9H2,1H3;. The van der Waals surface area contributed by atoms with Crippen LogP contribution in [0.5, 0.6) is 5.75 Å². The van der Waals surface area contributed by atoms with E-state index in [1.807, 2.05) is 97.1 Å². The van der Waals surface area contributed by atoms with E-state index in [9.17, 15) is 9.77 Å². The van der Waals surface area contributed by atoms with Crippen LogP contribution in [0.25, 0.3) is 55.2 Å². The van der Waals surface area contributed by atoms with Gasteiger partial charge < -0.3 is 26.7 Å². The van der Waals surface area contributed by atoms with Crippen LogP contribution in [0, 0.1) is 12.1 Å². The zero-order valence-electron chi connectivity index (χ0n) is 41.4. The van der Waals surface area contributed by atoms with E-state index >= 15 is 0 Å². The van der Waals surface area contributed by atoms with E-state index < -0.39 is 5.20 Å². The maximum absolute atomic E-state index is 11.1. The summed E-state index contributed by atoms with van der Waals surface area (Å²) in [6, 6.07) is 47.6. The Morgan fingerprint density at radius 2 is 0.974 bits per heavy atom. The first-order valence-corrected chi connectivity index (χ1v) is 28.0. The number of rotatable bonds is 5. The summed E-state index contributed by atoms with van der Waals surface area (Å²) in [5, 5.41) is 11.9. The molecule has 0 radical (unpaired) electrons. The number of nitrogen functional groups attached to an aromatic ring is 1. The number of benzene rings is 2. The fourth-order valence-electron chi connectivity index (χ4n) is 6.65. The number of fused-ring (bicyclic) bond motifs is 5. The number of methoxy groups -OCH3 is 1. The molecule has 0 atom stereocenters. The molecule has 0 fully saturated rings. The first kappa shape index (κ1) is 58.1. The highest BCUT2D eigenvalue weighted by atomic mass is 36.0. The molecular formula is C56H50Cl4N13O3P.